The van der Waals surface area contributed by atoms with Crippen LogP contribution in [0.1, 0.15) is 24.1 Å². The third-order valence-corrected chi connectivity index (χ3v) is 5.50. The summed E-state index contributed by atoms with van der Waals surface area (Å²) in [5, 5.41) is 2.84. The fraction of sp³-hybridized carbons (Fsp3) is 0.263. The van der Waals surface area contributed by atoms with Gasteiger partial charge in [0.2, 0.25) is 5.91 Å². The number of aromatic nitrogens is 2. The Bertz CT molecular complexity index is 899. The highest BCUT2D eigenvalue weighted by Gasteiger charge is 2.31. The first-order chi connectivity index (χ1) is 13.5. The minimum absolute atomic E-state index is 0.0770. The zero-order valence-electron chi connectivity index (χ0n) is 15.0. The molecule has 2 heterocycles. The van der Waals surface area contributed by atoms with Crippen LogP contribution in [0, 0.1) is 5.82 Å². The number of benzene rings is 1. The number of aromatic amines is 1. The van der Waals surface area contributed by atoms with E-state index in [0.29, 0.717) is 47.1 Å². The van der Waals surface area contributed by atoms with Crippen LogP contribution in [0.25, 0.3) is 6.08 Å². The van der Waals surface area contributed by atoms with Crippen molar-refractivity contribution < 1.29 is 14.0 Å². The van der Waals surface area contributed by atoms with Crippen LogP contribution in [-0.4, -0.2) is 44.1 Å². The fourth-order valence-corrected chi connectivity index (χ4v) is 3.97. The van der Waals surface area contributed by atoms with Crippen molar-refractivity contribution in [2.24, 2.45) is 0 Å². The van der Waals surface area contributed by atoms with Gasteiger partial charge in [0.15, 0.2) is 0 Å². The van der Waals surface area contributed by atoms with Gasteiger partial charge in [-0.3, -0.25) is 14.5 Å². The molecule has 1 saturated heterocycles. The molecular formula is C19H19FN4O2S2. The molecule has 0 saturated carbocycles. The minimum atomic E-state index is -0.389. The average Bonchev–Trinajstić information content (AvgIpc) is 3.27. The van der Waals surface area contributed by atoms with E-state index in [1.54, 1.807) is 30.7 Å². The molecule has 6 nitrogen and oxygen atoms in total. The van der Waals surface area contributed by atoms with Gasteiger partial charge in [-0.25, -0.2) is 9.37 Å². The second-order valence-electron chi connectivity index (χ2n) is 6.14. The van der Waals surface area contributed by atoms with Crippen molar-refractivity contribution in [2.45, 2.75) is 19.3 Å². The predicted molar refractivity (Wildman–Crippen MR) is 111 cm³/mol. The number of amides is 2. The van der Waals surface area contributed by atoms with E-state index < -0.39 is 0 Å². The normalized spacial score (nSPS) is 15.5. The van der Waals surface area contributed by atoms with Gasteiger partial charge in [0.25, 0.3) is 5.91 Å². The van der Waals surface area contributed by atoms with Gasteiger partial charge in [-0.2, -0.15) is 0 Å². The summed E-state index contributed by atoms with van der Waals surface area (Å²) in [6.45, 7) is 0.876. The van der Waals surface area contributed by atoms with Crippen LogP contribution in [0.15, 0.2) is 41.7 Å². The number of hydrogen-bond acceptors (Lipinski definition) is 5. The second-order valence-corrected chi connectivity index (χ2v) is 7.81. The lowest BCUT2D eigenvalue weighted by Crippen LogP contribution is -2.31. The second kappa shape index (κ2) is 9.61. The van der Waals surface area contributed by atoms with Gasteiger partial charge in [-0.05, 0) is 18.6 Å². The van der Waals surface area contributed by atoms with Crippen LogP contribution in [0.3, 0.4) is 0 Å². The van der Waals surface area contributed by atoms with Crippen LogP contribution in [0.4, 0.5) is 4.39 Å². The van der Waals surface area contributed by atoms with E-state index in [1.165, 1.54) is 17.0 Å². The maximum atomic E-state index is 13.8. The molecule has 0 aliphatic carbocycles. The van der Waals surface area contributed by atoms with Crippen LogP contribution >= 0.6 is 24.0 Å². The fourth-order valence-electron chi connectivity index (χ4n) is 2.67. The average molecular weight is 419 g/mol. The standard InChI is InChI=1S/C19H19FN4O2S2/c20-15-5-2-1-4-13(15)10-16-18(26)24(19(27)28-16)9-3-6-17(25)22-8-7-14-11-21-12-23-14/h1-2,4-5,10-12H,3,6-9H2,(H,21,23)(H,22,25). The number of thioether (sulfide) groups is 1. The van der Waals surface area contributed by atoms with Crippen LogP contribution < -0.4 is 5.32 Å². The molecule has 0 radical (unpaired) electrons. The lowest BCUT2D eigenvalue weighted by molar-refractivity contribution is -0.123. The number of nitrogens with zero attached hydrogens (tertiary/aromatic N) is 2. The summed E-state index contributed by atoms with van der Waals surface area (Å²) >= 11 is 6.41. The maximum absolute atomic E-state index is 13.8. The summed E-state index contributed by atoms with van der Waals surface area (Å²) in [6.07, 6.45) is 6.30. The van der Waals surface area contributed by atoms with Crippen molar-refractivity contribution in [2.75, 3.05) is 13.1 Å². The maximum Gasteiger partial charge on any atom is 0.266 e. The Balaban J connectivity index is 1.45. The van der Waals surface area contributed by atoms with Gasteiger partial charge < -0.3 is 10.3 Å². The van der Waals surface area contributed by atoms with E-state index in [1.807, 2.05) is 0 Å². The Morgan fingerprint density at radius 1 is 1.39 bits per heavy atom. The van der Waals surface area contributed by atoms with E-state index in [4.69, 9.17) is 12.2 Å². The molecule has 0 bridgehead atoms. The van der Waals surface area contributed by atoms with Crippen molar-refractivity contribution in [3.63, 3.8) is 0 Å². The quantitative estimate of drug-likeness (QED) is 0.509. The molecular weight excluding hydrogens is 399 g/mol. The Kier molecular flexibility index (Phi) is 6.94. The molecule has 28 heavy (non-hydrogen) atoms. The van der Waals surface area contributed by atoms with Gasteiger partial charge in [-0.1, -0.05) is 42.2 Å². The molecule has 2 amide bonds. The first kappa shape index (κ1) is 20.2. The van der Waals surface area contributed by atoms with E-state index in [-0.39, 0.29) is 17.6 Å². The van der Waals surface area contributed by atoms with Crippen molar-refractivity contribution >= 4 is 46.2 Å². The van der Waals surface area contributed by atoms with Gasteiger partial charge in [0.05, 0.1) is 11.2 Å². The number of H-pyrrole nitrogens is 1. The van der Waals surface area contributed by atoms with Crippen molar-refractivity contribution in [1.29, 1.82) is 0 Å². The highest BCUT2D eigenvalue weighted by atomic mass is 32.2. The summed E-state index contributed by atoms with van der Waals surface area (Å²) in [4.78, 5) is 33.2. The van der Waals surface area contributed by atoms with E-state index in [2.05, 4.69) is 15.3 Å². The molecule has 0 unspecified atom stereocenters. The topological polar surface area (TPSA) is 78.1 Å². The summed E-state index contributed by atoms with van der Waals surface area (Å²) in [7, 11) is 0. The number of nitrogens with one attached hydrogen (secondary N) is 2. The summed E-state index contributed by atoms with van der Waals surface area (Å²) in [5.41, 5.74) is 1.30. The SMILES string of the molecule is O=C(CCCN1C(=O)C(=Cc2ccccc2F)SC1=S)NCCc1cnc[nH]1. The highest BCUT2D eigenvalue weighted by molar-refractivity contribution is 8.26. The van der Waals surface area contributed by atoms with Gasteiger partial charge in [0.1, 0.15) is 10.1 Å². The largest absolute Gasteiger partial charge is 0.356 e. The predicted octanol–water partition coefficient (Wildman–Crippen LogP) is 2.89. The molecule has 2 aromatic rings. The van der Waals surface area contributed by atoms with Gasteiger partial charge in [0, 0.05) is 43.4 Å². The monoisotopic (exact) mass is 418 g/mol. The number of hydrogen-bond donors (Lipinski definition) is 2. The lowest BCUT2D eigenvalue weighted by Gasteiger charge is -2.14. The zero-order valence-corrected chi connectivity index (χ0v) is 16.6. The van der Waals surface area contributed by atoms with E-state index in [9.17, 15) is 14.0 Å². The molecule has 9 heteroatoms. The van der Waals surface area contributed by atoms with E-state index in [0.717, 1.165) is 17.5 Å². The molecule has 146 valence electrons. The van der Waals surface area contributed by atoms with Gasteiger partial charge >= 0.3 is 0 Å². The van der Waals surface area contributed by atoms with Crippen molar-refractivity contribution in [1.82, 2.24) is 20.2 Å². The molecule has 1 fully saturated rings. The van der Waals surface area contributed by atoms with Crippen molar-refractivity contribution in [3.05, 3.63) is 58.8 Å². The van der Waals surface area contributed by atoms with Crippen LogP contribution in [0.2, 0.25) is 0 Å². The van der Waals surface area contributed by atoms with E-state index >= 15 is 0 Å². The highest BCUT2D eigenvalue weighted by Crippen LogP contribution is 2.33. The molecule has 3 rings (SSSR count). The molecule has 1 aliphatic heterocycles. The minimum Gasteiger partial charge on any atom is -0.356 e. The Morgan fingerprint density at radius 2 is 2.21 bits per heavy atom. The van der Waals surface area contributed by atoms with Crippen LogP contribution in [-0.2, 0) is 16.0 Å². The number of thiocarbonyl (C=S) groups is 1. The van der Waals surface area contributed by atoms with Crippen LogP contribution in [0.5, 0.6) is 0 Å². The first-order valence-corrected chi connectivity index (χ1v) is 10.0. The van der Waals surface area contributed by atoms with Crippen molar-refractivity contribution in [3.8, 4) is 0 Å². The zero-order chi connectivity index (χ0) is 19.9. The lowest BCUT2D eigenvalue weighted by atomic mass is 10.2. The molecule has 0 spiro atoms. The smallest absolute Gasteiger partial charge is 0.266 e. The van der Waals surface area contributed by atoms with Gasteiger partial charge in [-0.15, -0.1) is 0 Å². The molecule has 1 aliphatic rings. The number of carbonyl (C=O) groups excluding carboxylic acids is 2. The number of imidazole rings is 1. The number of carbonyl (C=O) groups is 2. The third kappa shape index (κ3) is 5.26. The number of halogens is 1. The summed E-state index contributed by atoms with van der Waals surface area (Å²) in [6, 6.07) is 6.26. The summed E-state index contributed by atoms with van der Waals surface area (Å²) < 4.78 is 14.2. The first-order valence-electron chi connectivity index (χ1n) is 8.78. The third-order valence-electron chi connectivity index (χ3n) is 4.12. The molecule has 1 aromatic carbocycles. The Labute approximate surface area is 171 Å². The molecule has 0 atom stereocenters. The Hall–Kier alpha value is -2.52. The number of rotatable bonds is 8. The Morgan fingerprint density at radius 3 is 2.96 bits per heavy atom. The molecule has 2 N–H and O–H groups in total. The molecule has 1 aromatic heterocycles. The summed E-state index contributed by atoms with van der Waals surface area (Å²) in [5.74, 6) is -0.718.